The molecule has 4 heteroatoms. The fourth-order valence-corrected chi connectivity index (χ4v) is 1.12. The monoisotopic (exact) mass is 205 g/mol. The fourth-order valence-electron chi connectivity index (χ4n) is 1.12. The highest BCUT2D eigenvalue weighted by atomic mass is 16.3. The number of hydrogen-bond acceptors (Lipinski definition) is 4. The van der Waals surface area contributed by atoms with Crippen molar-refractivity contribution >= 4 is 5.82 Å². The summed E-state index contributed by atoms with van der Waals surface area (Å²) in [5, 5.41) is 20.8. The largest absolute Gasteiger partial charge is 0.396 e. The van der Waals surface area contributed by atoms with Gasteiger partial charge in [-0.3, -0.25) is 0 Å². The molecular formula is C11H15N3O. The van der Waals surface area contributed by atoms with Crippen molar-refractivity contribution in [3.8, 4) is 6.07 Å². The molecule has 0 bridgehead atoms. The van der Waals surface area contributed by atoms with E-state index in [1.54, 1.807) is 12.1 Å². The highest BCUT2D eigenvalue weighted by Gasteiger charge is 2.05. The summed E-state index contributed by atoms with van der Waals surface area (Å²) < 4.78 is 0. The van der Waals surface area contributed by atoms with E-state index in [1.807, 2.05) is 13.8 Å². The molecule has 0 aliphatic carbocycles. The predicted octanol–water partition coefficient (Wildman–Crippen LogP) is 1.30. The number of nitrogens with zero attached hydrogens (tertiary/aromatic N) is 2. The molecule has 0 spiro atoms. The molecule has 1 heterocycles. The second kappa shape index (κ2) is 5.32. The molecule has 15 heavy (non-hydrogen) atoms. The average molecular weight is 205 g/mol. The smallest absolute Gasteiger partial charge is 0.144 e. The Morgan fingerprint density at radius 1 is 1.60 bits per heavy atom. The van der Waals surface area contributed by atoms with E-state index in [4.69, 9.17) is 10.4 Å². The highest BCUT2D eigenvalue weighted by molar-refractivity contribution is 5.52. The van der Waals surface area contributed by atoms with E-state index in [2.05, 4.69) is 16.4 Å². The highest BCUT2D eigenvalue weighted by Crippen LogP contribution is 2.12. The minimum atomic E-state index is 0.126. The second-order valence-electron chi connectivity index (χ2n) is 3.63. The van der Waals surface area contributed by atoms with E-state index < -0.39 is 0 Å². The van der Waals surface area contributed by atoms with E-state index in [0.29, 0.717) is 17.9 Å². The zero-order valence-electron chi connectivity index (χ0n) is 8.99. The summed E-state index contributed by atoms with van der Waals surface area (Å²) >= 11 is 0. The first-order valence-corrected chi connectivity index (χ1v) is 4.90. The predicted molar refractivity (Wildman–Crippen MR) is 58.4 cm³/mol. The van der Waals surface area contributed by atoms with Crippen LogP contribution in [0.15, 0.2) is 12.1 Å². The molecule has 0 aliphatic rings. The zero-order valence-corrected chi connectivity index (χ0v) is 8.99. The van der Waals surface area contributed by atoms with Crippen LogP contribution < -0.4 is 5.32 Å². The van der Waals surface area contributed by atoms with Crippen molar-refractivity contribution < 1.29 is 5.11 Å². The molecule has 1 unspecified atom stereocenters. The number of pyridine rings is 1. The molecule has 4 nitrogen and oxygen atoms in total. The summed E-state index contributed by atoms with van der Waals surface area (Å²) in [7, 11) is 0. The van der Waals surface area contributed by atoms with Crippen LogP contribution in [0.25, 0.3) is 0 Å². The molecule has 2 N–H and O–H groups in total. The number of nitriles is 1. The molecular weight excluding hydrogens is 190 g/mol. The van der Waals surface area contributed by atoms with Gasteiger partial charge in [0.25, 0.3) is 0 Å². The van der Waals surface area contributed by atoms with Gasteiger partial charge in [-0.05, 0) is 25.0 Å². The van der Waals surface area contributed by atoms with Crippen molar-refractivity contribution in [1.29, 1.82) is 5.26 Å². The number of aryl methyl sites for hydroxylation is 1. The van der Waals surface area contributed by atoms with E-state index in [-0.39, 0.29) is 12.5 Å². The standard InChI is InChI=1S/C11H15N3O/c1-8(7-15)6-13-11-10(5-12)4-3-9(2)14-11/h3-4,8,15H,6-7H2,1-2H3,(H,13,14). The molecule has 1 aromatic heterocycles. The van der Waals surface area contributed by atoms with Gasteiger partial charge in [-0.2, -0.15) is 5.26 Å². The number of hydrogen-bond donors (Lipinski definition) is 2. The van der Waals surface area contributed by atoms with E-state index in [0.717, 1.165) is 5.69 Å². The molecule has 0 fully saturated rings. The van der Waals surface area contributed by atoms with Crippen molar-refractivity contribution in [3.05, 3.63) is 23.4 Å². The van der Waals surface area contributed by atoms with Crippen molar-refractivity contribution in [2.45, 2.75) is 13.8 Å². The SMILES string of the molecule is Cc1ccc(C#N)c(NCC(C)CO)n1. The third-order valence-electron chi connectivity index (χ3n) is 2.08. The van der Waals surface area contributed by atoms with Crippen LogP contribution in [0.4, 0.5) is 5.82 Å². The fraction of sp³-hybridized carbons (Fsp3) is 0.455. The number of rotatable bonds is 4. The molecule has 0 aliphatic heterocycles. The first-order valence-electron chi connectivity index (χ1n) is 4.90. The van der Waals surface area contributed by atoms with E-state index in [9.17, 15) is 0 Å². The van der Waals surface area contributed by atoms with Gasteiger partial charge in [-0.15, -0.1) is 0 Å². The Hall–Kier alpha value is -1.60. The normalized spacial score (nSPS) is 11.9. The molecule has 1 aromatic rings. The van der Waals surface area contributed by atoms with Crippen molar-refractivity contribution in [3.63, 3.8) is 0 Å². The van der Waals surface area contributed by atoms with Crippen LogP contribution in [0.5, 0.6) is 0 Å². The first-order chi connectivity index (χ1) is 7.17. The van der Waals surface area contributed by atoms with E-state index >= 15 is 0 Å². The van der Waals surface area contributed by atoms with E-state index in [1.165, 1.54) is 0 Å². The third kappa shape index (κ3) is 3.22. The topological polar surface area (TPSA) is 68.9 Å². The van der Waals surface area contributed by atoms with Gasteiger partial charge in [-0.25, -0.2) is 4.98 Å². The molecule has 1 atom stereocenters. The summed E-state index contributed by atoms with van der Waals surface area (Å²) in [6, 6.07) is 5.63. The van der Waals surface area contributed by atoms with Gasteiger partial charge < -0.3 is 10.4 Å². The zero-order chi connectivity index (χ0) is 11.3. The molecule has 0 amide bonds. The number of aromatic nitrogens is 1. The van der Waals surface area contributed by atoms with Crippen LogP contribution in [0.1, 0.15) is 18.2 Å². The van der Waals surface area contributed by atoms with Crippen LogP contribution in [0.3, 0.4) is 0 Å². The molecule has 80 valence electrons. The lowest BCUT2D eigenvalue weighted by atomic mass is 10.2. The first kappa shape index (κ1) is 11.5. The molecule has 0 saturated heterocycles. The number of anilines is 1. The van der Waals surface area contributed by atoms with Crippen LogP contribution in [0.2, 0.25) is 0 Å². The third-order valence-corrected chi connectivity index (χ3v) is 2.08. The molecule has 0 saturated carbocycles. The minimum Gasteiger partial charge on any atom is -0.396 e. The Morgan fingerprint density at radius 2 is 2.33 bits per heavy atom. The number of aliphatic hydroxyl groups excluding tert-OH is 1. The van der Waals surface area contributed by atoms with Crippen molar-refractivity contribution in [2.24, 2.45) is 5.92 Å². The molecule has 0 aromatic carbocycles. The Kier molecular flexibility index (Phi) is 4.07. The number of aliphatic hydroxyl groups is 1. The maximum Gasteiger partial charge on any atom is 0.144 e. The summed E-state index contributed by atoms with van der Waals surface area (Å²) in [6.45, 7) is 4.54. The van der Waals surface area contributed by atoms with Crippen LogP contribution >= 0.6 is 0 Å². The minimum absolute atomic E-state index is 0.126. The van der Waals surface area contributed by atoms with Gasteiger partial charge >= 0.3 is 0 Å². The van der Waals surface area contributed by atoms with Crippen LogP contribution in [0, 0.1) is 24.2 Å². The van der Waals surface area contributed by atoms with Crippen LogP contribution in [-0.2, 0) is 0 Å². The van der Waals surface area contributed by atoms with Gasteiger partial charge in [0, 0.05) is 18.8 Å². The van der Waals surface area contributed by atoms with Gasteiger partial charge in [0.15, 0.2) is 0 Å². The Morgan fingerprint density at radius 3 is 2.93 bits per heavy atom. The van der Waals surface area contributed by atoms with Crippen LogP contribution in [-0.4, -0.2) is 23.2 Å². The van der Waals surface area contributed by atoms with Gasteiger partial charge in [0.2, 0.25) is 0 Å². The van der Waals surface area contributed by atoms with Crippen molar-refractivity contribution in [1.82, 2.24) is 4.98 Å². The lowest BCUT2D eigenvalue weighted by Gasteiger charge is -2.11. The maximum absolute atomic E-state index is 8.87. The molecule has 1 rings (SSSR count). The van der Waals surface area contributed by atoms with Crippen molar-refractivity contribution in [2.75, 3.05) is 18.5 Å². The number of nitrogens with one attached hydrogen (secondary N) is 1. The Balaban J connectivity index is 2.75. The van der Waals surface area contributed by atoms with Gasteiger partial charge in [0.05, 0.1) is 5.56 Å². The lowest BCUT2D eigenvalue weighted by molar-refractivity contribution is 0.244. The summed E-state index contributed by atoms with van der Waals surface area (Å²) in [4.78, 5) is 4.23. The Bertz CT molecular complexity index is 371. The average Bonchev–Trinajstić information content (AvgIpc) is 2.26. The molecule has 0 radical (unpaired) electrons. The van der Waals surface area contributed by atoms with Gasteiger partial charge in [0.1, 0.15) is 11.9 Å². The summed E-state index contributed by atoms with van der Waals surface area (Å²) in [6.07, 6.45) is 0. The second-order valence-corrected chi connectivity index (χ2v) is 3.63. The Labute approximate surface area is 89.6 Å². The maximum atomic E-state index is 8.87. The summed E-state index contributed by atoms with van der Waals surface area (Å²) in [5.74, 6) is 0.747. The lowest BCUT2D eigenvalue weighted by Crippen LogP contribution is -2.16. The summed E-state index contributed by atoms with van der Waals surface area (Å²) in [5.41, 5.74) is 1.40. The van der Waals surface area contributed by atoms with Gasteiger partial charge in [-0.1, -0.05) is 6.92 Å². The quantitative estimate of drug-likeness (QED) is 0.777.